The maximum Gasteiger partial charge on any atom is 0.265 e. The molecule has 0 fully saturated rings. The molecule has 2 N–H and O–H groups in total. The number of aliphatic hydroxyl groups excluding tert-OH is 1. The Labute approximate surface area is 165 Å². The number of aliphatic hydroxyl groups is 2. The molecule has 2 radical (unpaired) electrons. The molecule has 0 aliphatic carbocycles. The fraction of sp³-hybridized carbons (Fsp3) is 0.429. The largest absolute Gasteiger partial charge is 0.366 e. The molecule has 2 amide bonds. The molecule has 2 rings (SSSR count). The minimum absolute atomic E-state index is 0. The summed E-state index contributed by atoms with van der Waals surface area (Å²) in [7, 11) is 0. The first-order valence-corrected chi connectivity index (χ1v) is 6.51. The molecule has 1 aromatic rings. The Bertz CT molecular complexity index is 675. The minimum Gasteiger partial charge on any atom is -0.366 e. The Morgan fingerprint density at radius 2 is 1.12 bits per heavy atom. The van der Waals surface area contributed by atoms with Gasteiger partial charge in [0, 0.05) is 39.0 Å². The molecule has 0 spiro atoms. The van der Waals surface area contributed by atoms with E-state index in [-0.39, 0.29) is 43.9 Å². The quantitative estimate of drug-likeness (QED) is 0.149. The number of fused-ring (bicyclic) bond motifs is 1. The number of amides is 2. The van der Waals surface area contributed by atoms with Crippen molar-refractivity contribution in [2.24, 2.45) is 5.41 Å². The van der Waals surface area contributed by atoms with Gasteiger partial charge in [-0.2, -0.15) is 0 Å². The molecule has 25 heavy (non-hydrogen) atoms. The van der Waals surface area contributed by atoms with Crippen molar-refractivity contribution >= 4 is 11.8 Å². The summed E-state index contributed by atoms with van der Waals surface area (Å²) in [6, 6.07) is -1.58. The monoisotopic (exact) mass is 541 g/mol. The third-order valence-electron chi connectivity index (χ3n) is 3.58. The van der Waals surface area contributed by atoms with E-state index in [1.807, 2.05) is 0 Å². The molecular weight excluding hydrogens is 528 g/mol. The van der Waals surface area contributed by atoms with E-state index in [4.69, 9.17) is 0 Å². The number of hydrogen-bond acceptors (Lipinski definition) is 4. The zero-order valence-electron chi connectivity index (χ0n) is 13.0. The van der Waals surface area contributed by atoms with Crippen LogP contribution in [0.25, 0.3) is 0 Å². The molecule has 0 saturated carbocycles. The summed E-state index contributed by atoms with van der Waals surface area (Å²) >= 11 is 0. The van der Waals surface area contributed by atoms with Crippen LogP contribution in [0.5, 0.6) is 0 Å². The van der Waals surface area contributed by atoms with Crippen LogP contribution in [0.2, 0.25) is 0 Å². The number of imide groups is 1. The van der Waals surface area contributed by atoms with Crippen molar-refractivity contribution in [3.63, 3.8) is 0 Å². The van der Waals surface area contributed by atoms with Crippen molar-refractivity contribution < 1.29 is 76.3 Å². The van der Waals surface area contributed by atoms with Crippen molar-refractivity contribution in [3.05, 3.63) is 34.4 Å². The second-order valence-corrected chi connectivity index (χ2v) is 6.21. The van der Waals surface area contributed by atoms with E-state index >= 15 is 0 Å². The van der Waals surface area contributed by atoms with E-state index in [2.05, 4.69) is 0 Å². The fourth-order valence-corrected chi connectivity index (χ4v) is 2.59. The van der Waals surface area contributed by atoms with Gasteiger partial charge in [0.05, 0.1) is 17.2 Å². The number of nitrogens with zero attached hydrogens (tertiary/aromatic N) is 1. The standard InChI is InChI=1S/C14H13F4NO4.2Rh/c1-14(2,3)10(13(22)23)19-11(20)4-5(12(19)21)7(16)9(18)8(17)6(4)15;;/h10,13,22-23H,1-3H3;;/t10-;;/m1../s1. The SMILES string of the molecule is CC(C)(C)[C@@H](C(O)O)N1C(=O)c2c(F)c(F)c(F)c(F)c2C1=O.[Rh].[Rh]. The van der Waals surface area contributed by atoms with Gasteiger partial charge in [-0.25, -0.2) is 17.6 Å². The molecule has 0 bridgehead atoms. The summed E-state index contributed by atoms with van der Waals surface area (Å²) in [5.41, 5.74) is -3.62. The van der Waals surface area contributed by atoms with Gasteiger partial charge in [-0.1, -0.05) is 20.8 Å². The van der Waals surface area contributed by atoms with Crippen LogP contribution in [-0.2, 0) is 39.0 Å². The van der Waals surface area contributed by atoms with E-state index in [0.29, 0.717) is 0 Å². The topological polar surface area (TPSA) is 77.8 Å². The van der Waals surface area contributed by atoms with Gasteiger partial charge in [-0.05, 0) is 5.41 Å². The van der Waals surface area contributed by atoms with E-state index in [9.17, 15) is 37.4 Å². The molecule has 1 aliphatic rings. The molecular formula is C14H13F4NO4Rh2. The summed E-state index contributed by atoms with van der Waals surface area (Å²) in [5, 5.41) is 18.9. The molecule has 5 nitrogen and oxygen atoms in total. The normalized spacial score (nSPS) is 15.0. The number of hydrogen-bond donors (Lipinski definition) is 2. The van der Waals surface area contributed by atoms with Gasteiger partial charge in [0.2, 0.25) is 0 Å². The van der Waals surface area contributed by atoms with Gasteiger partial charge < -0.3 is 10.2 Å². The smallest absolute Gasteiger partial charge is 0.265 e. The molecule has 1 aromatic carbocycles. The second-order valence-electron chi connectivity index (χ2n) is 6.21. The molecule has 1 heterocycles. The molecule has 144 valence electrons. The van der Waals surface area contributed by atoms with Crippen LogP contribution in [-0.4, -0.2) is 39.3 Å². The average molecular weight is 541 g/mol. The maximum absolute atomic E-state index is 13.8. The molecule has 0 unspecified atom stereocenters. The Balaban J connectivity index is 0.00000288. The van der Waals surface area contributed by atoms with E-state index in [1.165, 1.54) is 20.8 Å². The predicted molar refractivity (Wildman–Crippen MR) is 68.2 cm³/mol. The van der Waals surface area contributed by atoms with Crippen molar-refractivity contribution in [3.8, 4) is 0 Å². The van der Waals surface area contributed by atoms with E-state index in [1.54, 1.807) is 0 Å². The van der Waals surface area contributed by atoms with Gasteiger partial charge in [-0.15, -0.1) is 0 Å². The molecule has 1 aliphatic heterocycles. The third-order valence-corrected chi connectivity index (χ3v) is 3.58. The van der Waals surface area contributed by atoms with E-state index in [0.717, 1.165) is 0 Å². The van der Waals surface area contributed by atoms with Crippen LogP contribution < -0.4 is 0 Å². The Morgan fingerprint density at radius 1 is 0.800 bits per heavy atom. The van der Waals surface area contributed by atoms with Gasteiger partial charge >= 0.3 is 0 Å². The van der Waals surface area contributed by atoms with Crippen LogP contribution in [0.1, 0.15) is 41.5 Å². The third kappa shape index (κ3) is 3.70. The second kappa shape index (κ2) is 7.87. The first-order chi connectivity index (χ1) is 10.4. The molecule has 0 aromatic heterocycles. The Kier molecular flexibility index (Phi) is 7.63. The van der Waals surface area contributed by atoms with Gasteiger partial charge in [0.25, 0.3) is 11.8 Å². The van der Waals surface area contributed by atoms with Gasteiger partial charge in [-0.3, -0.25) is 14.5 Å². The van der Waals surface area contributed by atoms with Crippen LogP contribution in [0.4, 0.5) is 17.6 Å². The summed E-state index contributed by atoms with van der Waals surface area (Å²) in [6.45, 7) is 4.32. The first kappa shape index (κ1) is 24.2. The van der Waals surface area contributed by atoms with Crippen LogP contribution >= 0.6 is 0 Å². The first-order valence-electron chi connectivity index (χ1n) is 6.51. The number of carbonyl (C=O) groups is 2. The van der Waals surface area contributed by atoms with Crippen molar-refractivity contribution in [1.29, 1.82) is 0 Å². The van der Waals surface area contributed by atoms with Gasteiger partial charge in [0.1, 0.15) is 0 Å². The number of carbonyl (C=O) groups excluding carboxylic acids is 2. The Morgan fingerprint density at radius 3 is 1.36 bits per heavy atom. The Hall–Kier alpha value is -0.753. The summed E-state index contributed by atoms with van der Waals surface area (Å²) in [5.74, 6) is -11.4. The number of halogens is 4. The van der Waals surface area contributed by atoms with Crippen molar-refractivity contribution in [1.82, 2.24) is 4.90 Å². The van der Waals surface area contributed by atoms with Crippen LogP contribution in [0.15, 0.2) is 0 Å². The summed E-state index contributed by atoms with van der Waals surface area (Å²) < 4.78 is 54.2. The van der Waals surface area contributed by atoms with Crippen molar-refractivity contribution in [2.75, 3.05) is 0 Å². The van der Waals surface area contributed by atoms with Crippen molar-refractivity contribution in [2.45, 2.75) is 33.1 Å². The average Bonchev–Trinajstić information content (AvgIpc) is 2.66. The fourth-order valence-electron chi connectivity index (χ4n) is 2.59. The predicted octanol–water partition coefficient (Wildman–Crippen LogP) is 1.56. The molecule has 0 saturated heterocycles. The minimum atomic E-state index is -2.22. The van der Waals surface area contributed by atoms with Crippen LogP contribution in [0.3, 0.4) is 0 Å². The summed E-state index contributed by atoms with van der Waals surface area (Å²) in [6.07, 6.45) is -2.22. The zero-order chi connectivity index (χ0) is 17.9. The van der Waals surface area contributed by atoms with E-state index < -0.39 is 64.0 Å². The molecule has 11 heteroatoms. The summed E-state index contributed by atoms with van der Waals surface area (Å²) in [4.78, 5) is 24.7. The molecule has 1 atom stereocenters. The maximum atomic E-state index is 13.8. The number of rotatable bonds is 2. The van der Waals surface area contributed by atoms with Gasteiger partial charge in [0.15, 0.2) is 29.6 Å². The van der Waals surface area contributed by atoms with Crippen LogP contribution in [0, 0.1) is 28.7 Å². The zero-order valence-corrected chi connectivity index (χ0v) is 16.3. The number of benzene rings is 1.